The number of aromatic carboxylic acids is 1. The number of hydrogen-bond donors (Lipinski definition) is 3. The smallest absolute Gasteiger partial charge is 0.356 e. The van der Waals surface area contributed by atoms with Gasteiger partial charge in [-0.25, -0.2) is 9.78 Å². The van der Waals surface area contributed by atoms with Crippen molar-refractivity contribution in [1.82, 2.24) is 9.97 Å². The number of aliphatic hydroxyl groups excluding tert-OH is 1. The molecule has 0 aromatic carbocycles. The van der Waals surface area contributed by atoms with Gasteiger partial charge in [0.15, 0.2) is 5.69 Å². The maximum absolute atomic E-state index is 10.6. The predicted molar refractivity (Wildman–Crippen MR) is 53.8 cm³/mol. The quantitative estimate of drug-likeness (QED) is 0.650. The number of carboxylic acid groups (broad SMARTS) is 1. The minimum Gasteiger partial charge on any atom is -0.476 e. The molecule has 1 aromatic rings. The summed E-state index contributed by atoms with van der Waals surface area (Å²) < 4.78 is 0. The minimum absolute atomic E-state index is 0.1000. The largest absolute Gasteiger partial charge is 0.476 e. The number of nitrogens with one attached hydrogen (secondary N) is 1. The molecule has 82 valence electrons. The molecule has 0 amide bonds. The molecule has 0 aliphatic carbocycles. The van der Waals surface area contributed by atoms with Crippen molar-refractivity contribution in [2.45, 2.75) is 19.4 Å². The highest BCUT2D eigenvalue weighted by Crippen LogP contribution is 2.02. The molecule has 0 radical (unpaired) electrons. The zero-order valence-electron chi connectivity index (χ0n) is 8.34. The van der Waals surface area contributed by atoms with E-state index in [2.05, 4.69) is 15.3 Å². The minimum atomic E-state index is -1.11. The van der Waals surface area contributed by atoms with Crippen LogP contribution in [0, 0.1) is 0 Å². The number of nitrogens with zero attached hydrogens (tertiary/aromatic N) is 2. The Morgan fingerprint density at radius 1 is 1.60 bits per heavy atom. The summed E-state index contributed by atoms with van der Waals surface area (Å²) in [5.74, 6) is -0.711. The van der Waals surface area contributed by atoms with Gasteiger partial charge in [-0.15, -0.1) is 0 Å². The van der Waals surface area contributed by atoms with Crippen molar-refractivity contribution in [3.8, 4) is 0 Å². The SMILES string of the molecule is CC(O)CCNc1cncc(C(=O)O)n1. The molecule has 1 rings (SSSR count). The lowest BCUT2D eigenvalue weighted by molar-refractivity contribution is 0.0690. The molecular weight excluding hydrogens is 198 g/mol. The molecule has 0 aliphatic heterocycles. The summed E-state index contributed by atoms with van der Waals surface area (Å²) in [7, 11) is 0. The van der Waals surface area contributed by atoms with Gasteiger partial charge in [0.05, 0.1) is 18.5 Å². The van der Waals surface area contributed by atoms with Crippen molar-refractivity contribution >= 4 is 11.8 Å². The van der Waals surface area contributed by atoms with Crippen LogP contribution in [0.25, 0.3) is 0 Å². The van der Waals surface area contributed by atoms with Gasteiger partial charge in [0, 0.05) is 6.54 Å². The summed E-state index contributed by atoms with van der Waals surface area (Å²) in [5.41, 5.74) is -0.1000. The number of hydrogen-bond acceptors (Lipinski definition) is 5. The fraction of sp³-hybridized carbons (Fsp3) is 0.444. The Labute approximate surface area is 87.0 Å². The first-order chi connectivity index (χ1) is 7.09. The van der Waals surface area contributed by atoms with Gasteiger partial charge < -0.3 is 15.5 Å². The molecule has 0 aliphatic rings. The zero-order chi connectivity index (χ0) is 11.3. The highest BCUT2D eigenvalue weighted by Gasteiger charge is 2.05. The number of aliphatic hydroxyl groups is 1. The van der Waals surface area contributed by atoms with Crippen LogP contribution in [0.1, 0.15) is 23.8 Å². The summed E-state index contributed by atoms with van der Waals surface area (Å²) in [6.07, 6.45) is 2.79. The molecule has 1 heterocycles. The van der Waals surface area contributed by atoms with Crippen LogP contribution in [0.3, 0.4) is 0 Å². The maximum atomic E-state index is 10.6. The fourth-order valence-electron chi connectivity index (χ4n) is 0.963. The molecule has 0 fully saturated rings. The van der Waals surface area contributed by atoms with E-state index < -0.39 is 12.1 Å². The van der Waals surface area contributed by atoms with E-state index in [1.54, 1.807) is 6.92 Å². The summed E-state index contributed by atoms with van der Waals surface area (Å²) in [4.78, 5) is 18.1. The van der Waals surface area contributed by atoms with Crippen molar-refractivity contribution in [2.24, 2.45) is 0 Å². The van der Waals surface area contributed by atoms with Gasteiger partial charge in [0.25, 0.3) is 0 Å². The van der Waals surface area contributed by atoms with Gasteiger partial charge in [-0.1, -0.05) is 0 Å². The van der Waals surface area contributed by atoms with Gasteiger partial charge in [-0.2, -0.15) is 0 Å². The van der Waals surface area contributed by atoms with Gasteiger partial charge >= 0.3 is 5.97 Å². The van der Waals surface area contributed by atoms with Crippen molar-refractivity contribution in [1.29, 1.82) is 0 Å². The Hall–Kier alpha value is -1.69. The van der Waals surface area contributed by atoms with Gasteiger partial charge in [0.2, 0.25) is 0 Å². The number of carboxylic acids is 1. The van der Waals surface area contributed by atoms with E-state index >= 15 is 0 Å². The molecule has 6 heteroatoms. The lowest BCUT2D eigenvalue weighted by Crippen LogP contribution is -2.12. The number of aromatic nitrogens is 2. The van der Waals surface area contributed by atoms with Gasteiger partial charge in [0.1, 0.15) is 5.82 Å². The van der Waals surface area contributed by atoms with Crippen LogP contribution in [-0.2, 0) is 0 Å². The first-order valence-corrected chi connectivity index (χ1v) is 4.57. The molecule has 6 nitrogen and oxygen atoms in total. The van der Waals surface area contributed by atoms with E-state index in [1.807, 2.05) is 0 Å². The van der Waals surface area contributed by atoms with E-state index in [0.717, 1.165) is 0 Å². The molecule has 0 spiro atoms. The normalized spacial score (nSPS) is 12.1. The third-order valence-electron chi connectivity index (χ3n) is 1.72. The topological polar surface area (TPSA) is 95.3 Å². The van der Waals surface area contributed by atoms with Crippen molar-refractivity contribution in [2.75, 3.05) is 11.9 Å². The summed E-state index contributed by atoms with van der Waals surface area (Å²) in [6.45, 7) is 2.20. The molecule has 3 N–H and O–H groups in total. The monoisotopic (exact) mass is 211 g/mol. The van der Waals surface area contributed by atoms with Crippen LogP contribution >= 0.6 is 0 Å². The van der Waals surface area contributed by atoms with Crippen molar-refractivity contribution in [3.05, 3.63) is 18.1 Å². The van der Waals surface area contributed by atoms with Crippen LogP contribution < -0.4 is 5.32 Å². The Kier molecular flexibility index (Phi) is 3.99. The van der Waals surface area contributed by atoms with E-state index in [4.69, 9.17) is 10.2 Å². The summed E-state index contributed by atoms with van der Waals surface area (Å²) >= 11 is 0. The lowest BCUT2D eigenvalue weighted by atomic mass is 10.3. The highest BCUT2D eigenvalue weighted by atomic mass is 16.4. The lowest BCUT2D eigenvalue weighted by Gasteiger charge is -2.06. The first-order valence-electron chi connectivity index (χ1n) is 4.57. The number of carbonyl (C=O) groups is 1. The molecule has 1 aromatic heterocycles. The van der Waals surface area contributed by atoms with Gasteiger partial charge in [-0.3, -0.25) is 4.98 Å². The summed E-state index contributed by atoms with van der Waals surface area (Å²) in [6, 6.07) is 0. The average molecular weight is 211 g/mol. The van der Waals surface area contributed by atoms with E-state index in [1.165, 1.54) is 12.4 Å². The second-order valence-corrected chi connectivity index (χ2v) is 3.16. The molecule has 0 saturated heterocycles. The summed E-state index contributed by atoms with van der Waals surface area (Å²) in [5, 5.41) is 20.5. The van der Waals surface area contributed by atoms with Crippen LogP contribution in [0.2, 0.25) is 0 Å². The van der Waals surface area contributed by atoms with E-state index in [-0.39, 0.29) is 5.69 Å². The Morgan fingerprint density at radius 2 is 2.33 bits per heavy atom. The van der Waals surface area contributed by atoms with Crippen LogP contribution in [0.15, 0.2) is 12.4 Å². The first kappa shape index (κ1) is 11.4. The Bertz CT molecular complexity index is 341. The van der Waals surface area contributed by atoms with Crippen molar-refractivity contribution < 1.29 is 15.0 Å². The second kappa shape index (κ2) is 5.26. The maximum Gasteiger partial charge on any atom is 0.356 e. The standard InChI is InChI=1S/C9H13N3O3/c1-6(13)2-3-11-8-5-10-4-7(12-8)9(14)15/h4-6,13H,2-3H2,1H3,(H,11,12)(H,14,15). The second-order valence-electron chi connectivity index (χ2n) is 3.16. The zero-order valence-corrected chi connectivity index (χ0v) is 8.34. The third kappa shape index (κ3) is 3.90. The number of rotatable bonds is 5. The Balaban J connectivity index is 2.54. The van der Waals surface area contributed by atoms with Gasteiger partial charge in [-0.05, 0) is 13.3 Å². The predicted octanol–water partition coefficient (Wildman–Crippen LogP) is 0.358. The molecule has 1 atom stereocenters. The van der Waals surface area contributed by atoms with E-state index in [0.29, 0.717) is 18.8 Å². The highest BCUT2D eigenvalue weighted by molar-refractivity contribution is 5.85. The fourth-order valence-corrected chi connectivity index (χ4v) is 0.963. The average Bonchev–Trinajstić information content (AvgIpc) is 2.17. The Morgan fingerprint density at radius 3 is 2.93 bits per heavy atom. The van der Waals surface area contributed by atoms with E-state index in [9.17, 15) is 4.79 Å². The third-order valence-corrected chi connectivity index (χ3v) is 1.72. The molecule has 1 unspecified atom stereocenters. The molecule has 15 heavy (non-hydrogen) atoms. The number of anilines is 1. The molecular formula is C9H13N3O3. The van der Waals surface area contributed by atoms with Crippen LogP contribution in [0.5, 0.6) is 0 Å². The van der Waals surface area contributed by atoms with Crippen molar-refractivity contribution in [3.63, 3.8) is 0 Å². The van der Waals surface area contributed by atoms with Crippen LogP contribution in [0.4, 0.5) is 5.82 Å². The van der Waals surface area contributed by atoms with Crippen LogP contribution in [-0.4, -0.2) is 38.8 Å². The molecule has 0 bridgehead atoms. The molecule has 0 saturated carbocycles.